The standard InChI is InChI=1S/C28H22O6S2.2Na/c29-35(30,31)27-7-3-1-5-25(27)19-13-21-9-15-23(16-10-21)24-17-11-22(12-18-24)14-20-26-6-2-4-8-28(26)36(32,33)34;;/h1-20H,(H,29,30,31)(H,32,33,34);;/q;2*+1/p-2/b19-13+,20-14+;;. The van der Waals surface area contributed by atoms with Crippen LogP contribution in [-0.2, 0) is 20.2 Å². The van der Waals surface area contributed by atoms with Gasteiger partial charge in [-0.3, -0.25) is 0 Å². The normalized spacial score (nSPS) is 11.7. The topological polar surface area (TPSA) is 114 Å². The minimum absolute atomic E-state index is 0. The zero-order valence-electron chi connectivity index (χ0n) is 20.8. The van der Waals surface area contributed by atoms with Gasteiger partial charge < -0.3 is 9.11 Å². The Labute approximate surface area is 267 Å². The Morgan fingerprint density at radius 2 is 0.763 bits per heavy atom. The van der Waals surface area contributed by atoms with Crippen LogP contribution >= 0.6 is 0 Å². The molecule has 0 aliphatic heterocycles. The third-order valence-electron chi connectivity index (χ3n) is 5.44. The van der Waals surface area contributed by atoms with Gasteiger partial charge in [0, 0.05) is 0 Å². The first-order valence-corrected chi connectivity index (χ1v) is 13.6. The van der Waals surface area contributed by atoms with Crippen LogP contribution in [0.4, 0.5) is 0 Å². The van der Waals surface area contributed by atoms with Crippen molar-refractivity contribution in [2.75, 3.05) is 0 Å². The molecule has 0 fully saturated rings. The molecule has 6 nitrogen and oxygen atoms in total. The Balaban J connectivity index is 0.00000253. The summed E-state index contributed by atoms with van der Waals surface area (Å²) in [6, 6.07) is 27.3. The van der Waals surface area contributed by atoms with Gasteiger partial charge in [0.05, 0.1) is 9.79 Å². The summed E-state index contributed by atoms with van der Waals surface area (Å²) in [7, 11) is -9.12. The molecule has 182 valence electrons. The van der Waals surface area contributed by atoms with Gasteiger partial charge in [-0.15, -0.1) is 0 Å². The maximum Gasteiger partial charge on any atom is 1.00 e. The van der Waals surface area contributed by atoms with Crippen molar-refractivity contribution < 1.29 is 85.1 Å². The predicted molar refractivity (Wildman–Crippen MR) is 139 cm³/mol. The fourth-order valence-electron chi connectivity index (χ4n) is 3.64. The van der Waals surface area contributed by atoms with Crippen molar-refractivity contribution in [2.45, 2.75) is 9.79 Å². The molecule has 4 aromatic rings. The molecule has 0 aromatic heterocycles. The molecule has 10 heteroatoms. The quantitative estimate of drug-likeness (QED) is 0.171. The van der Waals surface area contributed by atoms with Gasteiger partial charge in [-0.05, 0) is 45.5 Å². The van der Waals surface area contributed by atoms with Crippen LogP contribution in [0.3, 0.4) is 0 Å². The van der Waals surface area contributed by atoms with E-state index in [1.807, 2.05) is 48.5 Å². The van der Waals surface area contributed by atoms with Crippen molar-refractivity contribution in [2.24, 2.45) is 0 Å². The second-order valence-electron chi connectivity index (χ2n) is 7.89. The van der Waals surface area contributed by atoms with Crippen LogP contribution in [0.2, 0.25) is 0 Å². The Morgan fingerprint density at radius 3 is 1.08 bits per heavy atom. The Morgan fingerprint density at radius 1 is 0.447 bits per heavy atom. The molecular weight excluding hydrogens is 542 g/mol. The van der Waals surface area contributed by atoms with Gasteiger partial charge in [0.1, 0.15) is 20.2 Å². The summed E-state index contributed by atoms with van der Waals surface area (Å²) in [5.41, 5.74) is 4.26. The molecule has 0 radical (unpaired) electrons. The molecular formula is C28H20Na2O6S2. The maximum atomic E-state index is 11.4. The van der Waals surface area contributed by atoms with E-state index < -0.39 is 20.2 Å². The predicted octanol–water partition coefficient (Wildman–Crippen LogP) is -0.489. The van der Waals surface area contributed by atoms with Crippen molar-refractivity contribution in [3.8, 4) is 11.1 Å². The summed E-state index contributed by atoms with van der Waals surface area (Å²) in [6.07, 6.45) is 6.66. The van der Waals surface area contributed by atoms with Crippen LogP contribution in [0.5, 0.6) is 0 Å². The molecule has 0 unspecified atom stereocenters. The SMILES string of the molecule is O=S(=O)([O-])c1ccccc1/C=C/c1ccc(-c2ccc(/C=C/c3ccccc3S(=O)(=O)[O-])cc2)cc1.[Na+].[Na+]. The van der Waals surface area contributed by atoms with E-state index in [-0.39, 0.29) is 68.9 Å². The minimum atomic E-state index is -4.56. The van der Waals surface area contributed by atoms with Gasteiger partial charge in [0.15, 0.2) is 0 Å². The molecule has 4 aromatic carbocycles. The summed E-state index contributed by atoms with van der Waals surface area (Å²) < 4.78 is 68.6. The summed E-state index contributed by atoms with van der Waals surface area (Å²) in [5.74, 6) is 0. The van der Waals surface area contributed by atoms with E-state index in [9.17, 15) is 25.9 Å². The maximum absolute atomic E-state index is 11.4. The van der Waals surface area contributed by atoms with E-state index in [1.165, 1.54) is 24.3 Å². The molecule has 0 saturated heterocycles. The largest absolute Gasteiger partial charge is 1.00 e. The number of hydrogen-bond acceptors (Lipinski definition) is 6. The van der Waals surface area contributed by atoms with Gasteiger partial charge in [-0.1, -0.05) is 109 Å². The van der Waals surface area contributed by atoms with Gasteiger partial charge in [-0.2, -0.15) is 0 Å². The average Bonchev–Trinajstić information content (AvgIpc) is 2.86. The summed E-state index contributed by atoms with van der Waals surface area (Å²) in [6.45, 7) is 0. The summed E-state index contributed by atoms with van der Waals surface area (Å²) >= 11 is 0. The van der Waals surface area contributed by atoms with Crippen LogP contribution in [0.1, 0.15) is 22.3 Å². The van der Waals surface area contributed by atoms with E-state index in [0.717, 1.165) is 22.3 Å². The first-order valence-electron chi connectivity index (χ1n) is 10.8. The molecule has 0 spiro atoms. The molecule has 0 saturated carbocycles. The third-order valence-corrected chi connectivity index (χ3v) is 7.26. The van der Waals surface area contributed by atoms with Gasteiger partial charge in [0.25, 0.3) is 0 Å². The fraction of sp³-hybridized carbons (Fsp3) is 0. The van der Waals surface area contributed by atoms with Crippen molar-refractivity contribution in [1.82, 2.24) is 0 Å². The Hall–Kier alpha value is -1.82. The molecule has 0 heterocycles. The minimum Gasteiger partial charge on any atom is -0.744 e. The number of benzene rings is 4. The number of hydrogen-bond donors (Lipinski definition) is 0. The fourth-order valence-corrected chi connectivity index (χ4v) is 4.98. The smallest absolute Gasteiger partial charge is 0.744 e. The molecule has 0 amide bonds. The molecule has 0 aliphatic rings. The Bertz CT molecular complexity index is 1530. The molecule has 0 N–H and O–H groups in total. The van der Waals surface area contributed by atoms with Crippen LogP contribution in [0.25, 0.3) is 35.4 Å². The van der Waals surface area contributed by atoms with E-state index >= 15 is 0 Å². The zero-order chi connectivity index (χ0) is 25.8. The average molecular weight is 563 g/mol. The molecule has 0 aliphatic carbocycles. The van der Waals surface area contributed by atoms with Gasteiger partial charge in [-0.25, -0.2) is 16.8 Å². The molecule has 0 bridgehead atoms. The first kappa shape index (κ1) is 32.4. The molecule has 38 heavy (non-hydrogen) atoms. The molecule has 4 rings (SSSR count). The monoisotopic (exact) mass is 562 g/mol. The van der Waals surface area contributed by atoms with Gasteiger partial charge >= 0.3 is 59.1 Å². The van der Waals surface area contributed by atoms with Crippen molar-refractivity contribution in [3.63, 3.8) is 0 Å². The van der Waals surface area contributed by atoms with Crippen LogP contribution < -0.4 is 59.1 Å². The van der Waals surface area contributed by atoms with E-state index in [4.69, 9.17) is 0 Å². The summed E-state index contributed by atoms with van der Waals surface area (Å²) in [4.78, 5) is -0.518. The van der Waals surface area contributed by atoms with Crippen LogP contribution in [-0.4, -0.2) is 25.9 Å². The van der Waals surface area contributed by atoms with Crippen molar-refractivity contribution in [1.29, 1.82) is 0 Å². The van der Waals surface area contributed by atoms with E-state index in [1.54, 1.807) is 48.6 Å². The van der Waals surface area contributed by atoms with Crippen LogP contribution in [0.15, 0.2) is 107 Å². The molecule has 0 atom stereocenters. The first-order chi connectivity index (χ1) is 17.1. The summed E-state index contributed by atoms with van der Waals surface area (Å²) in [5, 5.41) is 0. The Kier molecular flexibility index (Phi) is 11.9. The van der Waals surface area contributed by atoms with Crippen molar-refractivity contribution >= 4 is 44.5 Å². The van der Waals surface area contributed by atoms with Gasteiger partial charge in [0.2, 0.25) is 0 Å². The zero-order valence-corrected chi connectivity index (χ0v) is 26.4. The van der Waals surface area contributed by atoms with E-state index in [2.05, 4.69) is 0 Å². The second-order valence-corrected chi connectivity index (χ2v) is 10.6. The number of rotatable bonds is 7. The van der Waals surface area contributed by atoms with Crippen LogP contribution in [0, 0.1) is 0 Å². The van der Waals surface area contributed by atoms with Crippen molar-refractivity contribution in [3.05, 3.63) is 119 Å². The van der Waals surface area contributed by atoms with E-state index in [0.29, 0.717) is 11.1 Å². The third kappa shape index (κ3) is 8.59. The second kappa shape index (κ2) is 14.0.